The Hall–Kier alpha value is -0.120. The van der Waals surface area contributed by atoms with Crippen molar-refractivity contribution in [1.82, 2.24) is 0 Å². The predicted octanol–water partition coefficient (Wildman–Crippen LogP) is 3.05. The Bertz CT molecular complexity index is 297. The molecule has 0 spiro atoms. The molecule has 1 atom stereocenters. The van der Waals surface area contributed by atoms with Crippen molar-refractivity contribution in [3.8, 4) is 0 Å². The van der Waals surface area contributed by atoms with Gasteiger partial charge in [-0.25, -0.2) is 0 Å². The van der Waals surface area contributed by atoms with Crippen LogP contribution in [0.1, 0.15) is 12.5 Å². The summed E-state index contributed by atoms with van der Waals surface area (Å²) in [5.41, 5.74) is 1.21. The highest BCUT2D eigenvalue weighted by molar-refractivity contribution is 8.01. The SMILES string of the molecule is CSc1ccc(CC(C)O)cc1SC. The Kier molecular flexibility index (Phi) is 4.85. The van der Waals surface area contributed by atoms with E-state index in [2.05, 4.69) is 30.7 Å². The van der Waals surface area contributed by atoms with Crippen molar-refractivity contribution in [2.75, 3.05) is 12.5 Å². The molecule has 1 rings (SSSR count). The largest absolute Gasteiger partial charge is 0.393 e. The van der Waals surface area contributed by atoms with E-state index < -0.39 is 0 Å². The summed E-state index contributed by atoms with van der Waals surface area (Å²) in [5.74, 6) is 0. The fourth-order valence-electron chi connectivity index (χ4n) is 1.35. The van der Waals surface area contributed by atoms with Crippen LogP contribution in [0.4, 0.5) is 0 Å². The molecule has 0 amide bonds. The number of hydrogen-bond donors (Lipinski definition) is 1. The van der Waals surface area contributed by atoms with E-state index in [0.29, 0.717) is 0 Å². The quantitative estimate of drug-likeness (QED) is 0.800. The van der Waals surface area contributed by atoms with E-state index in [9.17, 15) is 5.11 Å². The molecule has 0 aliphatic rings. The van der Waals surface area contributed by atoms with Crippen molar-refractivity contribution in [3.05, 3.63) is 23.8 Å². The molecule has 1 aromatic rings. The Morgan fingerprint density at radius 3 is 2.36 bits per heavy atom. The van der Waals surface area contributed by atoms with Gasteiger partial charge in [-0.2, -0.15) is 0 Å². The molecule has 3 heteroatoms. The predicted molar refractivity (Wildman–Crippen MR) is 65.4 cm³/mol. The maximum Gasteiger partial charge on any atom is 0.0552 e. The third-order valence-electron chi connectivity index (χ3n) is 1.98. The van der Waals surface area contributed by atoms with Gasteiger partial charge >= 0.3 is 0 Å². The molecule has 0 heterocycles. The van der Waals surface area contributed by atoms with Crippen LogP contribution in [-0.2, 0) is 6.42 Å². The zero-order valence-corrected chi connectivity index (χ0v) is 10.4. The second kappa shape index (κ2) is 5.69. The van der Waals surface area contributed by atoms with Gasteiger partial charge in [-0.3, -0.25) is 0 Å². The second-order valence-corrected chi connectivity index (χ2v) is 4.94. The monoisotopic (exact) mass is 228 g/mol. The topological polar surface area (TPSA) is 20.2 Å². The lowest BCUT2D eigenvalue weighted by molar-refractivity contribution is 0.195. The molecule has 0 aromatic heterocycles. The van der Waals surface area contributed by atoms with E-state index in [-0.39, 0.29) is 6.10 Å². The fourth-order valence-corrected chi connectivity index (χ4v) is 2.85. The van der Waals surface area contributed by atoms with Crippen LogP contribution in [0.25, 0.3) is 0 Å². The van der Waals surface area contributed by atoms with E-state index in [0.717, 1.165) is 6.42 Å². The summed E-state index contributed by atoms with van der Waals surface area (Å²) in [6.07, 6.45) is 4.65. The first-order valence-electron chi connectivity index (χ1n) is 4.56. The zero-order valence-electron chi connectivity index (χ0n) is 8.78. The molecule has 1 aromatic carbocycles. The van der Waals surface area contributed by atoms with Gasteiger partial charge < -0.3 is 5.11 Å². The molecule has 14 heavy (non-hydrogen) atoms. The maximum absolute atomic E-state index is 9.28. The standard InChI is InChI=1S/C11H16OS2/c1-8(12)6-9-4-5-10(13-2)11(7-9)14-3/h4-5,7-8,12H,6H2,1-3H3. The molecular formula is C11H16OS2. The minimum atomic E-state index is -0.259. The van der Waals surface area contributed by atoms with Crippen molar-refractivity contribution in [2.24, 2.45) is 0 Å². The summed E-state index contributed by atoms with van der Waals surface area (Å²) in [5, 5.41) is 9.28. The van der Waals surface area contributed by atoms with Crippen molar-refractivity contribution < 1.29 is 5.11 Å². The summed E-state index contributed by atoms with van der Waals surface area (Å²) in [6, 6.07) is 6.40. The molecule has 0 fully saturated rings. The summed E-state index contributed by atoms with van der Waals surface area (Å²) >= 11 is 3.52. The van der Waals surface area contributed by atoms with Crippen LogP contribution in [0.5, 0.6) is 0 Å². The number of rotatable bonds is 4. The molecule has 1 N–H and O–H groups in total. The average molecular weight is 228 g/mol. The van der Waals surface area contributed by atoms with Crippen LogP contribution >= 0.6 is 23.5 Å². The van der Waals surface area contributed by atoms with Gasteiger partial charge in [0.2, 0.25) is 0 Å². The average Bonchev–Trinajstić information content (AvgIpc) is 2.16. The molecule has 0 radical (unpaired) electrons. The third kappa shape index (κ3) is 3.23. The highest BCUT2D eigenvalue weighted by Gasteiger charge is 2.04. The van der Waals surface area contributed by atoms with Crippen LogP contribution in [0.2, 0.25) is 0 Å². The van der Waals surface area contributed by atoms with E-state index in [1.165, 1.54) is 15.4 Å². The van der Waals surface area contributed by atoms with Crippen LogP contribution in [0.3, 0.4) is 0 Å². The smallest absolute Gasteiger partial charge is 0.0552 e. The fraction of sp³-hybridized carbons (Fsp3) is 0.455. The van der Waals surface area contributed by atoms with Gasteiger partial charge in [0, 0.05) is 9.79 Å². The lowest BCUT2D eigenvalue weighted by Crippen LogP contribution is -2.04. The summed E-state index contributed by atoms with van der Waals surface area (Å²) in [4.78, 5) is 2.61. The molecule has 0 aliphatic carbocycles. The molecular weight excluding hydrogens is 212 g/mol. The van der Waals surface area contributed by atoms with Crippen molar-refractivity contribution in [3.63, 3.8) is 0 Å². The van der Waals surface area contributed by atoms with Gasteiger partial charge in [0.1, 0.15) is 0 Å². The van der Waals surface area contributed by atoms with E-state index >= 15 is 0 Å². The minimum absolute atomic E-state index is 0.259. The maximum atomic E-state index is 9.28. The highest BCUT2D eigenvalue weighted by Crippen LogP contribution is 2.29. The lowest BCUT2D eigenvalue weighted by atomic mass is 10.1. The number of aliphatic hydroxyl groups excluding tert-OH is 1. The van der Waals surface area contributed by atoms with Crippen molar-refractivity contribution in [1.29, 1.82) is 0 Å². The van der Waals surface area contributed by atoms with E-state index in [4.69, 9.17) is 0 Å². The highest BCUT2D eigenvalue weighted by atomic mass is 32.2. The Morgan fingerprint density at radius 2 is 1.86 bits per heavy atom. The number of aliphatic hydroxyl groups is 1. The number of thioether (sulfide) groups is 2. The third-order valence-corrected chi connectivity index (χ3v) is 3.68. The molecule has 0 bridgehead atoms. The van der Waals surface area contributed by atoms with Crippen LogP contribution < -0.4 is 0 Å². The Labute approximate surface area is 94.3 Å². The first kappa shape index (κ1) is 12.0. The van der Waals surface area contributed by atoms with Crippen LogP contribution in [0, 0.1) is 0 Å². The van der Waals surface area contributed by atoms with Gasteiger partial charge in [0.25, 0.3) is 0 Å². The van der Waals surface area contributed by atoms with Crippen LogP contribution in [0.15, 0.2) is 28.0 Å². The second-order valence-electron chi connectivity index (χ2n) is 3.24. The summed E-state index contributed by atoms with van der Waals surface area (Å²) in [7, 11) is 0. The first-order chi connectivity index (χ1) is 6.67. The number of benzene rings is 1. The zero-order chi connectivity index (χ0) is 10.6. The Balaban J connectivity index is 2.89. The van der Waals surface area contributed by atoms with Gasteiger partial charge in [-0.15, -0.1) is 23.5 Å². The molecule has 1 unspecified atom stereocenters. The summed E-state index contributed by atoms with van der Waals surface area (Å²) in [6.45, 7) is 1.82. The van der Waals surface area contributed by atoms with Gasteiger partial charge in [-0.05, 0) is 43.6 Å². The molecule has 0 aliphatic heterocycles. The minimum Gasteiger partial charge on any atom is -0.393 e. The normalized spacial score (nSPS) is 12.9. The van der Waals surface area contributed by atoms with E-state index in [1.807, 2.05) is 6.92 Å². The molecule has 0 saturated carbocycles. The van der Waals surface area contributed by atoms with E-state index in [1.54, 1.807) is 23.5 Å². The van der Waals surface area contributed by atoms with Gasteiger partial charge in [0.05, 0.1) is 6.10 Å². The lowest BCUT2D eigenvalue weighted by Gasteiger charge is -2.09. The molecule has 1 nitrogen and oxygen atoms in total. The first-order valence-corrected chi connectivity index (χ1v) is 7.01. The Morgan fingerprint density at radius 1 is 1.21 bits per heavy atom. The van der Waals surface area contributed by atoms with Crippen LogP contribution in [-0.4, -0.2) is 23.7 Å². The molecule has 78 valence electrons. The van der Waals surface area contributed by atoms with Gasteiger partial charge in [-0.1, -0.05) is 6.07 Å². The van der Waals surface area contributed by atoms with Crippen molar-refractivity contribution in [2.45, 2.75) is 29.2 Å². The summed E-state index contributed by atoms with van der Waals surface area (Å²) < 4.78 is 0. The number of hydrogen-bond acceptors (Lipinski definition) is 3. The van der Waals surface area contributed by atoms with Crippen molar-refractivity contribution >= 4 is 23.5 Å². The van der Waals surface area contributed by atoms with Gasteiger partial charge in [0.15, 0.2) is 0 Å². The molecule has 0 saturated heterocycles.